The maximum Gasteiger partial charge on any atom is 0.300 e. The van der Waals surface area contributed by atoms with Crippen LogP contribution < -0.4 is 0 Å². The number of rotatable bonds is 2. The highest BCUT2D eigenvalue weighted by Gasteiger charge is 2.17. The highest BCUT2D eigenvalue weighted by molar-refractivity contribution is 6.01. The van der Waals surface area contributed by atoms with E-state index in [1.54, 1.807) is 18.2 Å². The lowest BCUT2D eigenvalue weighted by Gasteiger charge is -2.01. The number of ketones is 1. The predicted molar refractivity (Wildman–Crippen MR) is 54.3 cm³/mol. The molecular weight excluding hydrogens is 198 g/mol. The van der Waals surface area contributed by atoms with Crippen LogP contribution in [0.2, 0.25) is 0 Å². The molecule has 0 radical (unpaired) electrons. The normalized spacial score (nSPS) is 12.5. The second kappa shape index (κ2) is 3.77. The molecule has 0 saturated heterocycles. The smallest absolute Gasteiger partial charge is 0.288 e. The van der Waals surface area contributed by atoms with E-state index in [0.29, 0.717) is 5.39 Å². The van der Waals surface area contributed by atoms with Gasteiger partial charge < -0.3 is 0 Å². The van der Waals surface area contributed by atoms with Gasteiger partial charge in [-0.1, -0.05) is 36.4 Å². The van der Waals surface area contributed by atoms with Crippen molar-refractivity contribution >= 4 is 16.6 Å². The Morgan fingerprint density at radius 3 is 2.47 bits per heavy atom. The molecule has 0 saturated carbocycles. The summed E-state index contributed by atoms with van der Waals surface area (Å²) >= 11 is 0. The summed E-state index contributed by atoms with van der Waals surface area (Å²) in [6.07, 6.45) is -4.07. The van der Waals surface area contributed by atoms with Gasteiger partial charge in [0.2, 0.25) is 5.78 Å². The zero-order chi connectivity index (χ0) is 11.8. The molecule has 0 atom stereocenters. The monoisotopic (exact) mass is 207 g/mol. The van der Waals surface area contributed by atoms with Gasteiger partial charge in [-0.05, 0) is 16.8 Å². The minimum absolute atomic E-state index is 0.140. The Bertz CT molecular complexity index is 546. The standard InChI is InChI=1S/C12H8F2O/c13-12(14)11(15)10-6-5-8-3-1-2-4-9(8)7-10/h1-7,12H/i12D. The van der Waals surface area contributed by atoms with Gasteiger partial charge in [0.1, 0.15) is 1.37 Å². The van der Waals surface area contributed by atoms with E-state index in [9.17, 15) is 13.6 Å². The van der Waals surface area contributed by atoms with E-state index in [1.807, 2.05) is 12.1 Å². The van der Waals surface area contributed by atoms with Crippen molar-refractivity contribution in [3.05, 3.63) is 48.0 Å². The van der Waals surface area contributed by atoms with Crippen molar-refractivity contribution in [1.82, 2.24) is 0 Å². The molecule has 2 aromatic carbocycles. The SMILES string of the molecule is [2H]C(F)(F)C(=O)c1ccc2ccccc2c1. The van der Waals surface area contributed by atoms with E-state index >= 15 is 0 Å². The summed E-state index contributed by atoms with van der Waals surface area (Å²) < 4.78 is 31.4. The van der Waals surface area contributed by atoms with Gasteiger partial charge in [0.15, 0.2) is 0 Å². The fourth-order valence-electron chi connectivity index (χ4n) is 1.44. The summed E-state index contributed by atoms with van der Waals surface area (Å²) in [5.41, 5.74) is -0.140. The third-order valence-corrected chi connectivity index (χ3v) is 2.18. The highest BCUT2D eigenvalue weighted by Crippen LogP contribution is 2.17. The molecule has 3 heteroatoms. The maximum atomic E-state index is 12.5. The molecule has 0 fully saturated rings. The van der Waals surface area contributed by atoms with Gasteiger partial charge in [-0.2, -0.15) is 0 Å². The number of Topliss-reactive ketones (excluding diaryl/α,β-unsaturated/α-hetero) is 1. The molecule has 0 amide bonds. The third kappa shape index (κ3) is 1.86. The Morgan fingerprint density at radius 1 is 1.13 bits per heavy atom. The molecule has 0 N–H and O–H groups in total. The molecule has 0 aliphatic rings. The topological polar surface area (TPSA) is 17.1 Å². The molecule has 0 aromatic heterocycles. The quantitative estimate of drug-likeness (QED) is 0.690. The molecule has 0 spiro atoms. The van der Waals surface area contributed by atoms with Gasteiger partial charge >= 0.3 is 6.40 Å². The lowest BCUT2D eigenvalue weighted by molar-refractivity contribution is 0.0679. The Morgan fingerprint density at radius 2 is 1.80 bits per heavy atom. The van der Waals surface area contributed by atoms with Gasteiger partial charge in [-0.3, -0.25) is 4.79 Å². The average Bonchev–Trinajstić information content (AvgIpc) is 2.26. The predicted octanol–water partition coefficient (Wildman–Crippen LogP) is 3.29. The number of hydrogen-bond acceptors (Lipinski definition) is 1. The Labute approximate surface area is 86.7 Å². The Kier molecular flexibility index (Phi) is 2.14. The van der Waals surface area contributed by atoms with Crippen LogP contribution in [-0.2, 0) is 0 Å². The number of benzene rings is 2. The number of alkyl halides is 2. The minimum atomic E-state index is -4.07. The highest BCUT2D eigenvalue weighted by atomic mass is 19.3. The second-order valence-electron chi connectivity index (χ2n) is 3.15. The van der Waals surface area contributed by atoms with Crippen LogP contribution in [-0.4, -0.2) is 12.2 Å². The number of carbonyl (C=O) groups excluding carboxylic acids is 1. The lowest BCUT2D eigenvalue weighted by atomic mass is 10.0. The van der Waals surface area contributed by atoms with Crippen LogP contribution >= 0.6 is 0 Å². The van der Waals surface area contributed by atoms with Crippen molar-refractivity contribution < 1.29 is 14.9 Å². The van der Waals surface area contributed by atoms with Crippen molar-refractivity contribution in [1.29, 1.82) is 0 Å². The third-order valence-electron chi connectivity index (χ3n) is 2.18. The maximum absolute atomic E-state index is 12.5. The van der Waals surface area contributed by atoms with Crippen molar-refractivity contribution in [3.8, 4) is 0 Å². The number of halogens is 2. The molecule has 1 nitrogen and oxygen atoms in total. The summed E-state index contributed by atoms with van der Waals surface area (Å²) in [5, 5.41) is 1.57. The van der Waals surface area contributed by atoms with E-state index < -0.39 is 12.2 Å². The van der Waals surface area contributed by atoms with Crippen LogP contribution in [0.4, 0.5) is 8.78 Å². The molecule has 0 aliphatic heterocycles. The van der Waals surface area contributed by atoms with Crippen LogP contribution in [0.25, 0.3) is 10.8 Å². The first-order valence-corrected chi connectivity index (χ1v) is 4.40. The molecule has 15 heavy (non-hydrogen) atoms. The average molecular weight is 207 g/mol. The molecule has 2 aromatic rings. The fourth-order valence-corrected chi connectivity index (χ4v) is 1.44. The number of hydrogen-bond donors (Lipinski definition) is 0. The second-order valence-corrected chi connectivity index (χ2v) is 3.15. The van der Waals surface area contributed by atoms with Gasteiger partial charge in [-0.15, -0.1) is 0 Å². The van der Waals surface area contributed by atoms with Crippen LogP contribution in [0.1, 0.15) is 11.7 Å². The summed E-state index contributed by atoms with van der Waals surface area (Å²) in [7, 11) is 0. The molecule has 0 unspecified atom stereocenters. The van der Waals surface area contributed by atoms with E-state index in [1.165, 1.54) is 12.1 Å². The van der Waals surface area contributed by atoms with Crippen LogP contribution in [0.5, 0.6) is 0 Å². The molecule has 0 heterocycles. The minimum Gasteiger partial charge on any atom is -0.288 e. The lowest BCUT2D eigenvalue weighted by Crippen LogP contribution is -2.09. The molecule has 76 valence electrons. The Hall–Kier alpha value is -1.77. The van der Waals surface area contributed by atoms with Gasteiger partial charge in [0, 0.05) is 5.56 Å². The zero-order valence-corrected chi connectivity index (χ0v) is 7.71. The van der Waals surface area contributed by atoms with Crippen molar-refractivity contribution in [3.63, 3.8) is 0 Å². The van der Waals surface area contributed by atoms with Crippen molar-refractivity contribution in [2.75, 3.05) is 0 Å². The largest absolute Gasteiger partial charge is 0.300 e. The molecular formula is C12H8F2O. The fraction of sp³-hybridized carbons (Fsp3) is 0.0833. The van der Waals surface area contributed by atoms with Crippen LogP contribution in [0.15, 0.2) is 42.5 Å². The van der Waals surface area contributed by atoms with Gasteiger partial charge in [0.05, 0.1) is 0 Å². The van der Waals surface area contributed by atoms with Crippen LogP contribution in [0.3, 0.4) is 0 Å². The van der Waals surface area contributed by atoms with Gasteiger partial charge in [0.25, 0.3) is 0 Å². The Balaban J connectivity index is 2.52. The van der Waals surface area contributed by atoms with E-state index in [-0.39, 0.29) is 5.56 Å². The number of carbonyl (C=O) groups is 1. The van der Waals surface area contributed by atoms with E-state index in [2.05, 4.69) is 0 Å². The van der Waals surface area contributed by atoms with Crippen molar-refractivity contribution in [2.45, 2.75) is 6.40 Å². The van der Waals surface area contributed by atoms with Gasteiger partial charge in [-0.25, -0.2) is 8.78 Å². The van der Waals surface area contributed by atoms with E-state index in [0.717, 1.165) is 5.39 Å². The van der Waals surface area contributed by atoms with Crippen molar-refractivity contribution in [2.24, 2.45) is 0 Å². The zero-order valence-electron chi connectivity index (χ0n) is 8.71. The summed E-state index contributed by atoms with van der Waals surface area (Å²) in [6, 6.07) is 11.4. The van der Waals surface area contributed by atoms with E-state index in [4.69, 9.17) is 1.37 Å². The summed E-state index contributed by atoms with van der Waals surface area (Å²) in [6.45, 7) is 0. The molecule has 2 rings (SSSR count). The summed E-state index contributed by atoms with van der Waals surface area (Å²) in [5.74, 6) is -1.47. The number of fused-ring (bicyclic) bond motifs is 1. The first-order valence-electron chi connectivity index (χ1n) is 4.90. The van der Waals surface area contributed by atoms with Crippen LogP contribution in [0, 0.1) is 0 Å². The summed E-state index contributed by atoms with van der Waals surface area (Å²) in [4.78, 5) is 11.2. The molecule has 0 bridgehead atoms. The first-order chi connectivity index (χ1) is 7.48. The first kappa shape index (κ1) is 8.53. The molecule has 0 aliphatic carbocycles.